The molecule has 1 aliphatic rings. The lowest BCUT2D eigenvalue weighted by molar-refractivity contribution is -0.123. The van der Waals surface area contributed by atoms with E-state index in [4.69, 9.17) is 10.5 Å². The maximum Gasteiger partial charge on any atom is 0.221 e. The van der Waals surface area contributed by atoms with Crippen LogP contribution < -0.4 is 16.4 Å². The number of methoxy groups -OCH3 is 1. The molecule has 0 bridgehead atoms. The first kappa shape index (κ1) is 22.4. The number of carbonyl (C=O) groups excluding carboxylic acids is 1. The van der Waals surface area contributed by atoms with Crippen molar-refractivity contribution < 1.29 is 9.53 Å². The summed E-state index contributed by atoms with van der Waals surface area (Å²) in [7, 11) is 1.68. The third-order valence-electron chi connectivity index (χ3n) is 3.75. The van der Waals surface area contributed by atoms with Crippen molar-refractivity contribution in [2.75, 3.05) is 53.0 Å². The summed E-state index contributed by atoms with van der Waals surface area (Å²) in [5.74, 6) is 0.679. The topological polar surface area (TPSA) is 92.0 Å². The van der Waals surface area contributed by atoms with Crippen molar-refractivity contribution in [2.24, 2.45) is 16.6 Å². The Balaban J connectivity index is 0.00000484. The number of amides is 1. The lowest BCUT2D eigenvalue weighted by Gasteiger charge is -2.30. The summed E-state index contributed by atoms with van der Waals surface area (Å²) in [6.07, 6.45) is 2.96. The summed E-state index contributed by atoms with van der Waals surface area (Å²) in [6, 6.07) is 0. The number of carbonyl (C=O) groups is 1. The van der Waals surface area contributed by atoms with Gasteiger partial charge in [-0.1, -0.05) is 0 Å². The first-order valence-electron chi connectivity index (χ1n) is 8.20. The van der Waals surface area contributed by atoms with Gasteiger partial charge < -0.3 is 26.0 Å². The quantitative estimate of drug-likeness (QED) is 0.209. The Morgan fingerprint density at radius 3 is 2.87 bits per heavy atom. The maximum absolute atomic E-state index is 11.3. The van der Waals surface area contributed by atoms with Crippen LogP contribution in [-0.2, 0) is 9.53 Å². The lowest BCUT2D eigenvalue weighted by atomic mass is 9.97. The van der Waals surface area contributed by atoms with Gasteiger partial charge in [-0.05, 0) is 39.3 Å². The van der Waals surface area contributed by atoms with E-state index in [1.807, 2.05) is 6.92 Å². The number of nitrogens with zero attached hydrogens (tertiary/aromatic N) is 2. The van der Waals surface area contributed by atoms with Crippen molar-refractivity contribution in [2.45, 2.75) is 26.2 Å². The van der Waals surface area contributed by atoms with Crippen LogP contribution in [0.25, 0.3) is 0 Å². The number of likely N-dealkylation sites (tertiary alicyclic amines) is 1. The summed E-state index contributed by atoms with van der Waals surface area (Å²) in [5, 5.41) is 6.43. The van der Waals surface area contributed by atoms with E-state index in [9.17, 15) is 4.79 Å². The minimum atomic E-state index is -0.167. The van der Waals surface area contributed by atoms with Gasteiger partial charge in [-0.2, -0.15) is 0 Å². The average Bonchev–Trinajstić information content (AvgIpc) is 2.52. The zero-order valence-corrected chi connectivity index (χ0v) is 16.7. The van der Waals surface area contributed by atoms with E-state index in [-0.39, 0.29) is 35.8 Å². The highest BCUT2D eigenvalue weighted by Gasteiger charge is 2.23. The molecule has 7 nitrogen and oxygen atoms in total. The Kier molecular flexibility index (Phi) is 13.4. The van der Waals surface area contributed by atoms with E-state index in [1.54, 1.807) is 7.11 Å². The first-order chi connectivity index (χ1) is 10.7. The van der Waals surface area contributed by atoms with Crippen LogP contribution in [0.3, 0.4) is 0 Å². The summed E-state index contributed by atoms with van der Waals surface area (Å²) in [6.45, 7) is 7.87. The van der Waals surface area contributed by atoms with Gasteiger partial charge in [0.2, 0.25) is 5.91 Å². The van der Waals surface area contributed by atoms with Crippen LogP contribution in [0.1, 0.15) is 26.2 Å². The van der Waals surface area contributed by atoms with Crippen LogP contribution in [0.2, 0.25) is 0 Å². The molecule has 0 aliphatic carbocycles. The zero-order valence-electron chi connectivity index (χ0n) is 14.3. The SMILES string of the molecule is CCNC(=NCCCN1CCCC(C(N)=O)C1)NCCOC.I. The zero-order chi connectivity index (χ0) is 16.2. The van der Waals surface area contributed by atoms with Crippen LogP contribution in [0, 0.1) is 5.92 Å². The van der Waals surface area contributed by atoms with Crippen LogP contribution in [0.4, 0.5) is 0 Å². The Bertz CT molecular complexity index is 355. The molecular formula is C15H32IN5O2. The molecule has 4 N–H and O–H groups in total. The fraction of sp³-hybridized carbons (Fsp3) is 0.867. The number of rotatable bonds is 9. The molecular weight excluding hydrogens is 409 g/mol. The van der Waals surface area contributed by atoms with Gasteiger partial charge in [0.1, 0.15) is 0 Å². The summed E-state index contributed by atoms with van der Waals surface area (Å²) >= 11 is 0. The molecule has 1 rings (SSSR count). The van der Waals surface area contributed by atoms with E-state index in [1.165, 1.54) is 0 Å². The van der Waals surface area contributed by atoms with Crippen molar-refractivity contribution in [3.8, 4) is 0 Å². The number of aliphatic imine (C=N–C) groups is 1. The average molecular weight is 441 g/mol. The van der Waals surface area contributed by atoms with Gasteiger partial charge in [-0.15, -0.1) is 24.0 Å². The van der Waals surface area contributed by atoms with Gasteiger partial charge in [-0.3, -0.25) is 9.79 Å². The number of nitrogens with two attached hydrogens (primary N) is 1. The molecule has 23 heavy (non-hydrogen) atoms. The van der Waals surface area contributed by atoms with Gasteiger partial charge in [0.05, 0.1) is 12.5 Å². The molecule has 1 saturated heterocycles. The second-order valence-electron chi connectivity index (χ2n) is 5.58. The number of ether oxygens (including phenoxy) is 1. The third-order valence-corrected chi connectivity index (χ3v) is 3.75. The Labute approximate surface area is 156 Å². The van der Waals surface area contributed by atoms with E-state index in [0.717, 1.165) is 64.5 Å². The number of halogens is 1. The van der Waals surface area contributed by atoms with Crippen molar-refractivity contribution in [3.63, 3.8) is 0 Å². The summed E-state index contributed by atoms with van der Waals surface area (Å²) in [5.41, 5.74) is 5.40. The fourth-order valence-electron chi connectivity index (χ4n) is 2.59. The molecule has 0 aromatic rings. The van der Waals surface area contributed by atoms with Crippen molar-refractivity contribution >= 4 is 35.8 Å². The largest absolute Gasteiger partial charge is 0.383 e. The van der Waals surface area contributed by atoms with Crippen molar-refractivity contribution in [1.29, 1.82) is 0 Å². The number of primary amides is 1. The van der Waals surface area contributed by atoms with Crippen LogP contribution in [0.15, 0.2) is 4.99 Å². The molecule has 1 atom stereocenters. The molecule has 0 saturated carbocycles. The van der Waals surface area contributed by atoms with Gasteiger partial charge >= 0.3 is 0 Å². The van der Waals surface area contributed by atoms with Crippen LogP contribution >= 0.6 is 24.0 Å². The molecule has 0 aromatic carbocycles. The molecule has 1 aliphatic heterocycles. The molecule has 0 radical (unpaired) electrons. The maximum atomic E-state index is 11.3. The molecule has 136 valence electrons. The normalized spacial score (nSPS) is 19.0. The fourth-order valence-corrected chi connectivity index (χ4v) is 2.59. The van der Waals surface area contributed by atoms with Gasteiger partial charge in [0.25, 0.3) is 0 Å². The molecule has 1 unspecified atom stereocenters. The standard InChI is InChI=1S/C15H31N5O2.HI/c1-3-17-15(19-8-11-22-2)18-7-5-10-20-9-4-6-13(12-20)14(16)21;/h13H,3-12H2,1-2H3,(H2,16,21)(H2,17,18,19);1H. The monoisotopic (exact) mass is 441 g/mol. The highest BCUT2D eigenvalue weighted by Crippen LogP contribution is 2.15. The highest BCUT2D eigenvalue weighted by atomic mass is 127. The first-order valence-corrected chi connectivity index (χ1v) is 8.20. The number of nitrogens with one attached hydrogen (secondary N) is 2. The predicted octanol–water partition coefficient (Wildman–Crippen LogP) is 0.393. The number of hydrogen-bond donors (Lipinski definition) is 3. The summed E-state index contributed by atoms with van der Waals surface area (Å²) in [4.78, 5) is 18.1. The Hall–Kier alpha value is -0.610. The molecule has 8 heteroatoms. The van der Waals surface area contributed by atoms with Crippen molar-refractivity contribution in [3.05, 3.63) is 0 Å². The molecule has 1 amide bonds. The number of hydrogen-bond acceptors (Lipinski definition) is 4. The van der Waals surface area contributed by atoms with Crippen molar-refractivity contribution in [1.82, 2.24) is 15.5 Å². The highest BCUT2D eigenvalue weighted by molar-refractivity contribution is 14.0. The van der Waals surface area contributed by atoms with Gasteiger partial charge in [-0.25, -0.2) is 0 Å². The third kappa shape index (κ3) is 9.98. The predicted molar refractivity (Wildman–Crippen MR) is 104 cm³/mol. The summed E-state index contributed by atoms with van der Waals surface area (Å²) < 4.78 is 5.02. The van der Waals surface area contributed by atoms with Crippen LogP contribution in [-0.4, -0.2) is 69.8 Å². The van der Waals surface area contributed by atoms with Gasteiger partial charge in [0, 0.05) is 33.3 Å². The molecule has 0 aromatic heterocycles. The minimum absolute atomic E-state index is 0. The smallest absolute Gasteiger partial charge is 0.221 e. The molecule has 1 fully saturated rings. The number of guanidine groups is 1. The van der Waals surface area contributed by atoms with E-state index in [0.29, 0.717) is 6.61 Å². The van der Waals surface area contributed by atoms with E-state index < -0.39 is 0 Å². The minimum Gasteiger partial charge on any atom is -0.383 e. The van der Waals surface area contributed by atoms with E-state index in [2.05, 4.69) is 20.5 Å². The van der Waals surface area contributed by atoms with Crippen LogP contribution in [0.5, 0.6) is 0 Å². The van der Waals surface area contributed by atoms with Gasteiger partial charge in [0.15, 0.2) is 5.96 Å². The molecule has 0 spiro atoms. The Morgan fingerprint density at radius 2 is 2.22 bits per heavy atom. The number of piperidine rings is 1. The van der Waals surface area contributed by atoms with E-state index >= 15 is 0 Å². The molecule has 1 heterocycles. The lowest BCUT2D eigenvalue weighted by Crippen LogP contribution is -2.41. The second kappa shape index (κ2) is 13.8. The Morgan fingerprint density at radius 1 is 1.43 bits per heavy atom. The second-order valence-corrected chi connectivity index (χ2v) is 5.58.